The van der Waals surface area contributed by atoms with Crippen LogP contribution >= 0.6 is 0 Å². The summed E-state index contributed by atoms with van der Waals surface area (Å²) in [6, 6.07) is 6.36. The Kier molecular flexibility index (Phi) is 6.15. The molecule has 8 nitrogen and oxygen atoms in total. The lowest BCUT2D eigenvalue weighted by Gasteiger charge is -2.19. The molecule has 0 heterocycles. The molecular formula is C13H18N4O4. The molecule has 0 spiro atoms. The van der Waals surface area contributed by atoms with E-state index in [1.54, 1.807) is 25.2 Å². The van der Waals surface area contributed by atoms with Crippen LogP contribution in [0.2, 0.25) is 0 Å². The Morgan fingerprint density at radius 2 is 2.00 bits per heavy atom. The number of urea groups is 1. The molecule has 0 aliphatic heterocycles. The van der Waals surface area contributed by atoms with E-state index in [1.165, 1.54) is 0 Å². The van der Waals surface area contributed by atoms with Crippen LogP contribution in [-0.2, 0) is 16.1 Å². The summed E-state index contributed by atoms with van der Waals surface area (Å²) in [7, 11) is 1.80. The largest absolute Gasteiger partial charge is 0.480 e. The monoisotopic (exact) mass is 294 g/mol. The minimum absolute atomic E-state index is 0.464. The number of anilines is 1. The SMILES string of the molecule is CNCc1cccc(NC(=O)N(CC(N)=O)CC(=O)O)c1. The van der Waals surface area contributed by atoms with Crippen molar-refractivity contribution < 1.29 is 19.5 Å². The van der Waals surface area contributed by atoms with Crippen LogP contribution in [-0.4, -0.2) is 48.1 Å². The second-order valence-electron chi connectivity index (χ2n) is 4.38. The fourth-order valence-corrected chi connectivity index (χ4v) is 1.72. The zero-order chi connectivity index (χ0) is 15.8. The van der Waals surface area contributed by atoms with Gasteiger partial charge in [-0.1, -0.05) is 12.1 Å². The number of rotatable bonds is 7. The number of primary amides is 1. The second kappa shape index (κ2) is 7.85. The van der Waals surface area contributed by atoms with Crippen molar-refractivity contribution in [3.63, 3.8) is 0 Å². The minimum Gasteiger partial charge on any atom is -0.480 e. The van der Waals surface area contributed by atoms with E-state index in [2.05, 4.69) is 10.6 Å². The molecule has 114 valence electrons. The zero-order valence-corrected chi connectivity index (χ0v) is 11.6. The van der Waals surface area contributed by atoms with E-state index < -0.39 is 31.0 Å². The Bertz CT molecular complexity index is 517. The van der Waals surface area contributed by atoms with Crippen LogP contribution in [0.4, 0.5) is 10.5 Å². The molecule has 0 aliphatic carbocycles. The van der Waals surface area contributed by atoms with Gasteiger partial charge >= 0.3 is 12.0 Å². The number of amides is 3. The summed E-state index contributed by atoms with van der Waals surface area (Å²) in [5.41, 5.74) is 6.46. The third kappa shape index (κ3) is 5.91. The molecule has 0 fully saturated rings. The van der Waals surface area contributed by atoms with Crippen LogP contribution < -0.4 is 16.4 Å². The number of nitrogens with one attached hydrogen (secondary N) is 2. The van der Waals surface area contributed by atoms with Crippen molar-refractivity contribution in [3.8, 4) is 0 Å². The molecule has 8 heteroatoms. The Morgan fingerprint density at radius 1 is 1.29 bits per heavy atom. The average molecular weight is 294 g/mol. The van der Waals surface area contributed by atoms with E-state index in [-0.39, 0.29) is 0 Å². The van der Waals surface area contributed by atoms with Crippen molar-refractivity contribution in [1.82, 2.24) is 10.2 Å². The van der Waals surface area contributed by atoms with Crippen molar-refractivity contribution >= 4 is 23.6 Å². The molecule has 5 N–H and O–H groups in total. The standard InChI is InChI=1S/C13H18N4O4/c1-15-6-9-3-2-4-10(5-9)16-13(21)17(7-11(14)18)8-12(19)20/h2-5,15H,6-8H2,1H3,(H2,14,18)(H,16,21)(H,19,20). The van der Waals surface area contributed by atoms with Crippen LogP contribution in [0.15, 0.2) is 24.3 Å². The number of benzene rings is 1. The van der Waals surface area contributed by atoms with Crippen LogP contribution in [0.25, 0.3) is 0 Å². The molecule has 0 unspecified atom stereocenters. The topological polar surface area (TPSA) is 125 Å². The molecule has 3 amide bonds. The summed E-state index contributed by atoms with van der Waals surface area (Å²) >= 11 is 0. The molecular weight excluding hydrogens is 276 g/mol. The number of aliphatic carboxylic acids is 1. The fraction of sp³-hybridized carbons (Fsp3) is 0.308. The molecule has 0 aromatic heterocycles. The van der Waals surface area contributed by atoms with E-state index in [4.69, 9.17) is 10.8 Å². The van der Waals surface area contributed by atoms with Gasteiger partial charge in [-0.05, 0) is 24.7 Å². The summed E-state index contributed by atoms with van der Waals surface area (Å²) in [6.45, 7) is -0.441. The number of carbonyl (C=O) groups is 3. The van der Waals surface area contributed by atoms with E-state index in [9.17, 15) is 14.4 Å². The molecule has 21 heavy (non-hydrogen) atoms. The Balaban J connectivity index is 2.77. The average Bonchev–Trinajstić information content (AvgIpc) is 2.37. The first-order valence-electron chi connectivity index (χ1n) is 6.22. The normalized spacial score (nSPS) is 9.95. The summed E-state index contributed by atoms with van der Waals surface area (Å²) in [5, 5.41) is 14.3. The molecule has 0 saturated heterocycles. The maximum atomic E-state index is 12.0. The molecule has 1 aromatic carbocycles. The lowest BCUT2D eigenvalue weighted by molar-refractivity contribution is -0.137. The molecule has 0 aliphatic rings. The van der Waals surface area contributed by atoms with Gasteiger partial charge in [0.05, 0.1) is 0 Å². The molecule has 0 atom stereocenters. The molecule has 1 rings (SSSR count). The maximum absolute atomic E-state index is 12.0. The number of nitrogens with zero attached hydrogens (tertiary/aromatic N) is 1. The number of hydrogen-bond donors (Lipinski definition) is 4. The second-order valence-corrected chi connectivity index (χ2v) is 4.38. The molecule has 0 bridgehead atoms. The molecule has 1 aromatic rings. The van der Waals surface area contributed by atoms with Gasteiger partial charge < -0.3 is 26.4 Å². The molecule has 0 radical (unpaired) electrons. The van der Waals surface area contributed by atoms with Crippen molar-refractivity contribution in [3.05, 3.63) is 29.8 Å². The first-order chi connectivity index (χ1) is 9.92. The Morgan fingerprint density at radius 3 is 2.57 bits per heavy atom. The maximum Gasteiger partial charge on any atom is 0.323 e. The smallest absolute Gasteiger partial charge is 0.323 e. The fourth-order valence-electron chi connectivity index (χ4n) is 1.72. The van der Waals surface area contributed by atoms with E-state index in [0.29, 0.717) is 12.2 Å². The highest BCUT2D eigenvalue weighted by atomic mass is 16.4. The van der Waals surface area contributed by atoms with Gasteiger partial charge in [0.15, 0.2) is 0 Å². The predicted octanol–water partition coefficient (Wildman–Crippen LogP) is -0.190. The van der Waals surface area contributed by atoms with Crippen LogP contribution in [0.5, 0.6) is 0 Å². The number of hydrogen-bond acceptors (Lipinski definition) is 4. The van der Waals surface area contributed by atoms with Gasteiger partial charge in [0.1, 0.15) is 13.1 Å². The molecule has 0 saturated carbocycles. The van der Waals surface area contributed by atoms with E-state index in [1.807, 2.05) is 6.07 Å². The van der Waals surface area contributed by atoms with Crippen molar-refractivity contribution in [2.24, 2.45) is 5.73 Å². The van der Waals surface area contributed by atoms with Gasteiger partial charge in [0.25, 0.3) is 0 Å². The van der Waals surface area contributed by atoms with Crippen LogP contribution in [0.3, 0.4) is 0 Å². The summed E-state index contributed by atoms with van der Waals surface area (Å²) < 4.78 is 0. The van der Waals surface area contributed by atoms with Crippen molar-refractivity contribution in [1.29, 1.82) is 0 Å². The van der Waals surface area contributed by atoms with Crippen LogP contribution in [0, 0.1) is 0 Å². The van der Waals surface area contributed by atoms with Gasteiger partial charge in [-0.3, -0.25) is 9.59 Å². The van der Waals surface area contributed by atoms with Gasteiger partial charge in [-0.25, -0.2) is 4.79 Å². The van der Waals surface area contributed by atoms with Crippen molar-refractivity contribution in [2.45, 2.75) is 6.54 Å². The first kappa shape index (κ1) is 16.4. The third-order valence-electron chi connectivity index (χ3n) is 2.52. The highest BCUT2D eigenvalue weighted by molar-refractivity contribution is 5.94. The summed E-state index contributed by atoms with van der Waals surface area (Å²) in [4.78, 5) is 34.4. The van der Waals surface area contributed by atoms with E-state index >= 15 is 0 Å². The van der Waals surface area contributed by atoms with Crippen molar-refractivity contribution in [2.75, 3.05) is 25.5 Å². The van der Waals surface area contributed by atoms with Crippen LogP contribution in [0.1, 0.15) is 5.56 Å². The predicted molar refractivity (Wildman–Crippen MR) is 76.6 cm³/mol. The van der Waals surface area contributed by atoms with Gasteiger partial charge in [0, 0.05) is 12.2 Å². The van der Waals surface area contributed by atoms with Gasteiger partial charge in [0.2, 0.25) is 5.91 Å². The highest BCUT2D eigenvalue weighted by Crippen LogP contribution is 2.11. The first-order valence-corrected chi connectivity index (χ1v) is 6.22. The lowest BCUT2D eigenvalue weighted by atomic mass is 10.2. The number of nitrogens with two attached hydrogens (primary N) is 1. The highest BCUT2D eigenvalue weighted by Gasteiger charge is 2.18. The Labute approximate surface area is 121 Å². The summed E-state index contributed by atoms with van der Waals surface area (Å²) in [5.74, 6) is -2.01. The minimum atomic E-state index is -1.23. The number of carbonyl (C=O) groups excluding carboxylic acids is 2. The third-order valence-corrected chi connectivity index (χ3v) is 2.52. The Hall–Kier alpha value is -2.61. The number of carboxylic acids is 1. The quantitative estimate of drug-likeness (QED) is 0.554. The van der Waals surface area contributed by atoms with Gasteiger partial charge in [-0.15, -0.1) is 0 Å². The number of carboxylic acid groups (broad SMARTS) is 1. The van der Waals surface area contributed by atoms with Gasteiger partial charge in [-0.2, -0.15) is 0 Å². The lowest BCUT2D eigenvalue weighted by Crippen LogP contribution is -2.43. The zero-order valence-electron chi connectivity index (χ0n) is 11.6. The summed E-state index contributed by atoms with van der Waals surface area (Å²) in [6.07, 6.45) is 0. The van der Waals surface area contributed by atoms with E-state index in [0.717, 1.165) is 10.5 Å².